The minimum Gasteiger partial charge on any atom is -0.441 e. The van der Waals surface area contributed by atoms with Crippen LogP contribution in [-0.2, 0) is 11.2 Å². The third-order valence-corrected chi connectivity index (χ3v) is 3.70. The predicted molar refractivity (Wildman–Crippen MR) is 94.2 cm³/mol. The second kappa shape index (κ2) is 8.91. The Bertz CT molecular complexity index is 628. The van der Waals surface area contributed by atoms with Crippen LogP contribution in [-0.4, -0.2) is 30.5 Å². The number of hydrogen-bond acceptors (Lipinski definition) is 4. The molecular formula is C16H21Cl2N3O2. The molecule has 0 bridgehead atoms. The van der Waals surface area contributed by atoms with Gasteiger partial charge in [0.25, 0.3) is 0 Å². The van der Waals surface area contributed by atoms with Crippen molar-refractivity contribution >= 4 is 30.7 Å². The van der Waals surface area contributed by atoms with E-state index in [-0.39, 0.29) is 37.1 Å². The Balaban J connectivity index is 0.00000132. The highest BCUT2D eigenvalue weighted by atomic mass is 35.5. The van der Waals surface area contributed by atoms with Gasteiger partial charge >= 0.3 is 0 Å². The lowest BCUT2D eigenvalue weighted by molar-refractivity contribution is -0.120. The zero-order valence-electron chi connectivity index (χ0n) is 12.9. The molecule has 1 aromatic carbocycles. The average Bonchev–Trinajstić information content (AvgIpc) is 2.79. The molecule has 0 unspecified atom stereocenters. The number of halogens is 2. The lowest BCUT2D eigenvalue weighted by atomic mass is 10.0. The second-order valence-corrected chi connectivity index (χ2v) is 5.39. The maximum Gasteiger partial charge on any atom is 0.226 e. The van der Waals surface area contributed by atoms with Crippen LogP contribution in [0.25, 0.3) is 11.5 Å². The van der Waals surface area contributed by atoms with Crippen LogP contribution in [0, 0.1) is 12.8 Å². The van der Waals surface area contributed by atoms with Gasteiger partial charge in [-0.3, -0.25) is 4.79 Å². The fourth-order valence-electron chi connectivity index (χ4n) is 2.26. The Morgan fingerprint density at radius 3 is 2.61 bits per heavy atom. The molecule has 2 N–H and O–H groups in total. The molecule has 1 amide bonds. The van der Waals surface area contributed by atoms with Crippen molar-refractivity contribution in [3.63, 3.8) is 0 Å². The van der Waals surface area contributed by atoms with Crippen molar-refractivity contribution in [3.8, 4) is 11.5 Å². The number of nitrogens with zero attached hydrogens (tertiary/aromatic N) is 1. The minimum atomic E-state index is -0.00193. The predicted octanol–water partition coefficient (Wildman–Crippen LogP) is 2.37. The van der Waals surface area contributed by atoms with E-state index in [1.165, 1.54) is 0 Å². The van der Waals surface area contributed by atoms with Crippen molar-refractivity contribution in [2.24, 2.45) is 5.92 Å². The van der Waals surface area contributed by atoms with E-state index in [9.17, 15) is 4.79 Å². The van der Waals surface area contributed by atoms with Gasteiger partial charge in [0, 0.05) is 31.1 Å². The van der Waals surface area contributed by atoms with Crippen LogP contribution in [0.15, 0.2) is 34.7 Å². The first kappa shape index (κ1) is 19.5. The minimum absolute atomic E-state index is 0. The molecule has 0 atom stereocenters. The smallest absolute Gasteiger partial charge is 0.226 e. The van der Waals surface area contributed by atoms with Crippen molar-refractivity contribution in [3.05, 3.63) is 41.8 Å². The molecule has 5 nitrogen and oxygen atoms in total. The summed E-state index contributed by atoms with van der Waals surface area (Å²) in [6, 6.07) is 9.71. The molecule has 1 aliphatic rings. The average molecular weight is 358 g/mol. The van der Waals surface area contributed by atoms with Gasteiger partial charge in [-0.25, -0.2) is 4.98 Å². The Morgan fingerprint density at radius 2 is 2.00 bits per heavy atom. The standard InChI is InChI=1S/C16H19N3O2.2ClH/c1-11-14(7-15(20)18-10-12-8-17-9-12)19-16(21-11)13-5-3-2-4-6-13;;/h2-6,12,17H,7-10H2,1H3,(H,18,20);2*1H. The van der Waals surface area contributed by atoms with Gasteiger partial charge in [0.2, 0.25) is 11.8 Å². The van der Waals surface area contributed by atoms with E-state index in [0.29, 0.717) is 23.3 Å². The number of amides is 1. The van der Waals surface area contributed by atoms with Gasteiger partial charge in [0.1, 0.15) is 5.76 Å². The van der Waals surface area contributed by atoms with Crippen LogP contribution in [0.5, 0.6) is 0 Å². The molecule has 1 aromatic heterocycles. The lowest BCUT2D eigenvalue weighted by Crippen LogP contribution is -2.48. The van der Waals surface area contributed by atoms with Crippen LogP contribution >= 0.6 is 24.8 Å². The first-order valence-corrected chi connectivity index (χ1v) is 7.21. The number of carbonyl (C=O) groups is 1. The van der Waals surface area contributed by atoms with Crippen molar-refractivity contribution in [1.82, 2.24) is 15.6 Å². The first-order valence-electron chi connectivity index (χ1n) is 7.21. The van der Waals surface area contributed by atoms with Gasteiger partial charge < -0.3 is 15.1 Å². The van der Waals surface area contributed by atoms with Crippen LogP contribution in [0.3, 0.4) is 0 Å². The van der Waals surface area contributed by atoms with E-state index in [1.807, 2.05) is 37.3 Å². The van der Waals surface area contributed by atoms with Gasteiger partial charge in [-0.2, -0.15) is 0 Å². The molecule has 7 heteroatoms. The Morgan fingerprint density at radius 1 is 1.30 bits per heavy atom. The zero-order chi connectivity index (χ0) is 14.7. The van der Waals surface area contributed by atoms with Gasteiger partial charge in [-0.05, 0) is 19.1 Å². The van der Waals surface area contributed by atoms with Crippen LogP contribution < -0.4 is 10.6 Å². The SMILES string of the molecule is Cc1oc(-c2ccccc2)nc1CC(=O)NCC1CNC1.Cl.Cl. The van der Waals surface area contributed by atoms with Crippen molar-refractivity contribution in [2.45, 2.75) is 13.3 Å². The molecule has 3 rings (SSSR count). The Labute approximate surface area is 148 Å². The molecule has 2 heterocycles. The van der Waals surface area contributed by atoms with Gasteiger partial charge in [-0.1, -0.05) is 18.2 Å². The van der Waals surface area contributed by atoms with E-state index in [2.05, 4.69) is 15.6 Å². The topological polar surface area (TPSA) is 67.2 Å². The fourth-order valence-corrected chi connectivity index (χ4v) is 2.26. The molecule has 126 valence electrons. The summed E-state index contributed by atoms with van der Waals surface area (Å²) in [5.74, 6) is 1.83. The molecule has 1 fully saturated rings. The van der Waals surface area contributed by atoms with Crippen LogP contribution in [0.2, 0.25) is 0 Å². The quantitative estimate of drug-likeness (QED) is 0.861. The second-order valence-electron chi connectivity index (χ2n) is 5.39. The summed E-state index contributed by atoms with van der Waals surface area (Å²) in [5, 5.41) is 6.14. The van der Waals surface area contributed by atoms with E-state index in [1.54, 1.807) is 0 Å². The van der Waals surface area contributed by atoms with Crippen molar-refractivity contribution in [2.75, 3.05) is 19.6 Å². The highest BCUT2D eigenvalue weighted by molar-refractivity contribution is 5.85. The zero-order valence-corrected chi connectivity index (χ0v) is 14.5. The molecule has 0 radical (unpaired) electrons. The molecule has 0 aliphatic carbocycles. The maximum atomic E-state index is 11.9. The number of benzene rings is 1. The van der Waals surface area contributed by atoms with E-state index >= 15 is 0 Å². The summed E-state index contributed by atoms with van der Waals surface area (Å²) in [6.07, 6.45) is 0.266. The molecule has 1 aliphatic heterocycles. The molecule has 2 aromatic rings. The summed E-state index contributed by atoms with van der Waals surface area (Å²) >= 11 is 0. The van der Waals surface area contributed by atoms with Gasteiger partial charge in [0.15, 0.2) is 0 Å². The van der Waals surface area contributed by atoms with Crippen LogP contribution in [0.1, 0.15) is 11.5 Å². The molecule has 0 spiro atoms. The number of aromatic nitrogens is 1. The summed E-state index contributed by atoms with van der Waals surface area (Å²) in [7, 11) is 0. The largest absolute Gasteiger partial charge is 0.441 e. The normalized spacial score (nSPS) is 13.4. The number of aryl methyl sites for hydroxylation is 1. The lowest BCUT2D eigenvalue weighted by Gasteiger charge is -2.26. The monoisotopic (exact) mass is 357 g/mol. The summed E-state index contributed by atoms with van der Waals surface area (Å²) in [5.41, 5.74) is 1.63. The molecule has 0 saturated carbocycles. The maximum absolute atomic E-state index is 11.9. The third-order valence-electron chi connectivity index (χ3n) is 3.70. The Kier molecular flexibility index (Phi) is 7.55. The van der Waals surface area contributed by atoms with E-state index in [0.717, 1.165) is 25.2 Å². The summed E-state index contributed by atoms with van der Waals surface area (Å²) in [6.45, 7) is 4.55. The molecule has 1 saturated heterocycles. The van der Waals surface area contributed by atoms with E-state index in [4.69, 9.17) is 4.42 Å². The number of nitrogens with one attached hydrogen (secondary N) is 2. The number of hydrogen-bond donors (Lipinski definition) is 2. The van der Waals surface area contributed by atoms with Crippen molar-refractivity contribution < 1.29 is 9.21 Å². The highest BCUT2D eigenvalue weighted by Crippen LogP contribution is 2.21. The third kappa shape index (κ3) is 4.96. The summed E-state index contributed by atoms with van der Waals surface area (Å²) < 4.78 is 5.66. The summed E-state index contributed by atoms with van der Waals surface area (Å²) in [4.78, 5) is 16.4. The van der Waals surface area contributed by atoms with Crippen LogP contribution in [0.4, 0.5) is 0 Å². The highest BCUT2D eigenvalue weighted by Gasteiger charge is 2.19. The molecule has 23 heavy (non-hydrogen) atoms. The number of oxazole rings is 1. The van der Waals surface area contributed by atoms with Crippen molar-refractivity contribution in [1.29, 1.82) is 0 Å². The number of carbonyl (C=O) groups excluding carboxylic acids is 1. The fraction of sp³-hybridized carbons (Fsp3) is 0.375. The van der Waals surface area contributed by atoms with Gasteiger partial charge in [0.05, 0.1) is 12.1 Å². The van der Waals surface area contributed by atoms with E-state index < -0.39 is 0 Å². The first-order chi connectivity index (χ1) is 10.2. The molecular weight excluding hydrogens is 337 g/mol. The van der Waals surface area contributed by atoms with Gasteiger partial charge in [-0.15, -0.1) is 24.8 Å². The Hall–Kier alpha value is -1.56. The number of rotatable bonds is 5.